The molecule has 0 spiro atoms. The van der Waals surface area contributed by atoms with Crippen LogP contribution in [-0.4, -0.2) is 57.7 Å². The van der Waals surface area contributed by atoms with E-state index in [0.29, 0.717) is 19.6 Å². The van der Waals surface area contributed by atoms with Gasteiger partial charge in [0.25, 0.3) is 11.8 Å². The maximum atomic E-state index is 13.7. The maximum Gasteiger partial charge on any atom is 0.261 e. The Hall–Kier alpha value is -2.36. The fraction of sp³-hybridized carbons (Fsp3) is 0.417. The summed E-state index contributed by atoms with van der Waals surface area (Å²) in [5.41, 5.74) is 7.88. The van der Waals surface area contributed by atoms with Crippen molar-refractivity contribution >= 4 is 42.8 Å². The Morgan fingerprint density at radius 2 is 1.82 bits per heavy atom. The van der Waals surface area contributed by atoms with Gasteiger partial charge in [0.1, 0.15) is 11.9 Å². The summed E-state index contributed by atoms with van der Waals surface area (Å²) < 4.78 is 5.79. The molecule has 2 aromatic carbocycles. The van der Waals surface area contributed by atoms with Crippen LogP contribution in [0.15, 0.2) is 48.5 Å². The Morgan fingerprint density at radius 1 is 1.12 bits per heavy atom. The van der Waals surface area contributed by atoms with Gasteiger partial charge < -0.3 is 20.7 Å². The number of nitrogens with one attached hydrogen (secondary N) is 1. The van der Waals surface area contributed by atoms with Crippen LogP contribution < -0.4 is 15.8 Å². The largest absolute Gasteiger partial charge is 0.494 e. The molecule has 0 unspecified atom stereocenters. The van der Waals surface area contributed by atoms with Crippen LogP contribution >= 0.6 is 25.3 Å². The van der Waals surface area contributed by atoms with E-state index >= 15 is 0 Å². The number of hydrogen-bond acceptors (Lipinski definition) is 7. The lowest BCUT2D eigenvalue weighted by atomic mass is 9.72. The third-order valence-corrected chi connectivity index (χ3v) is 8.32. The molecule has 0 saturated carbocycles. The van der Waals surface area contributed by atoms with Gasteiger partial charge in [-0.05, 0) is 49.2 Å². The normalized spacial score (nSPS) is 32.3. The van der Waals surface area contributed by atoms with Crippen molar-refractivity contribution in [3.8, 4) is 5.75 Å². The van der Waals surface area contributed by atoms with Crippen LogP contribution in [-0.2, 0) is 15.0 Å². The second-order valence-corrected chi connectivity index (χ2v) is 10.7. The van der Waals surface area contributed by atoms with E-state index in [0.717, 1.165) is 29.0 Å². The van der Waals surface area contributed by atoms with Crippen LogP contribution in [0.5, 0.6) is 5.75 Å². The van der Waals surface area contributed by atoms with Gasteiger partial charge in [0, 0.05) is 19.2 Å². The molecule has 174 valence electrons. The average Bonchev–Trinajstić information content (AvgIpc) is 3.26. The molecule has 7 nitrogen and oxygen atoms in total. The number of carbonyl (C=O) groups is 2. The van der Waals surface area contributed by atoms with Gasteiger partial charge in [-0.2, -0.15) is 0 Å². The smallest absolute Gasteiger partial charge is 0.261 e. The SMILES string of the molecule is CN1C(=O)[C@@]2(S)C[C@]3(c4ccc(OCCCN)cc4)c4ccccc4N[C@@H]3N2C(=O)[C@]1(C)S. The number of carbonyl (C=O) groups excluding carboxylic acids is 2. The van der Waals surface area contributed by atoms with Gasteiger partial charge in [-0.3, -0.25) is 14.5 Å². The number of fused-ring (bicyclic) bond motifs is 5. The molecule has 9 heteroatoms. The number of piperazine rings is 1. The van der Waals surface area contributed by atoms with Crippen LogP contribution in [0.2, 0.25) is 0 Å². The summed E-state index contributed by atoms with van der Waals surface area (Å²) in [6.07, 6.45) is 0.639. The lowest BCUT2D eigenvalue weighted by Gasteiger charge is -2.50. The van der Waals surface area contributed by atoms with Crippen molar-refractivity contribution in [2.24, 2.45) is 5.73 Å². The first-order valence-corrected chi connectivity index (χ1v) is 11.9. The maximum absolute atomic E-state index is 13.7. The van der Waals surface area contributed by atoms with E-state index in [2.05, 4.69) is 24.0 Å². The number of amides is 2. The molecule has 33 heavy (non-hydrogen) atoms. The minimum Gasteiger partial charge on any atom is -0.494 e. The number of para-hydroxylation sites is 1. The van der Waals surface area contributed by atoms with Crippen LogP contribution in [0.3, 0.4) is 0 Å². The molecule has 5 rings (SSSR count). The van der Waals surface area contributed by atoms with Crippen molar-refractivity contribution in [3.05, 3.63) is 59.7 Å². The van der Waals surface area contributed by atoms with Gasteiger partial charge in [0.05, 0.1) is 12.0 Å². The number of hydrogen-bond donors (Lipinski definition) is 4. The molecule has 0 aliphatic carbocycles. The molecule has 3 aliphatic heterocycles. The second kappa shape index (κ2) is 7.58. The zero-order chi connectivity index (χ0) is 23.6. The highest BCUT2D eigenvalue weighted by atomic mass is 32.1. The Balaban J connectivity index is 1.64. The molecule has 3 N–H and O–H groups in total. The number of likely N-dealkylation sites (N-methyl/N-ethyl adjacent to an activating group) is 1. The predicted molar refractivity (Wildman–Crippen MR) is 134 cm³/mol. The van der Waals surface area contributed by atoms with Crippen molar-refractivity contribution in [2.75, 3.05) is 25.5 Å². The van der Waals surface area contributed by atoms with E-state index in [9.17, 15) is 9.59 Å². The van der Waals surface area contributed by atoms with E-state index in [4.69, 9.17) is 23.1 Å². The van der Waals surface area contributed by atoms with Gasteiger partial charge in [-0.25, -0.2) is 0 Å². The number of ether oxygens (including phenoxy) is 1. The fourth-order valence-corrected chi connectivity index (χ4v) is 6.22. The topological polar surface area (TPSA) is 87.9 Å². The highest BCUT2D eigenvalue weighted by Crippen LogP contribution is 2.61. The quantitative estimate of drug-likeness (QED) is 0.387. The van der Waals surface area contributed by atoms with E-state index < -0.39 is 21.3 Å². The van der Waals surface area contributed by atoms with Crippen LogP contribution in [0, 0.1) is 0 Å². The van der Waals surface area contributed by atoms with Crippen molar-refractivity contribution < 1.29 is 14.3 Å². The van der Waals surface area contributed by atoms with Gasteiger partial charge in [0.2, 0.25) is 0 Å². The van der Waals surface area contributed by atoms with Crippen LogP contribution in [0.4, 0.5) is 5.69 Å². The first-order chi connectivity index (χ1) is 15.7. The van der Waals surface area contributed by atoms with Crippen molar-refractivity contribution in [2.45, 2.75) is 41.1 Å². The minimum atomic E-state index is -1.30. The lowest BCUT2D eigenvalue weighted by molar-refractivity contribution is -0.162. The van der Waals surface area contributed by atoms with Crippen molar-refractivity contribution in [3.63, 3.8) is 0 Å². The van der Waals surface area contributed by atoms with Crippen LogP contribution in [0.25, 0.3) is 0 Å². The van der Waals surface area contributed by atoms with Crippen LogP contribution in [0.1, 0.15) is 30.9 Å². The molecule has 0 aromatic heterocycles. The molecule has 2 amide bonds. The standard InChI is InChI=1S/C24H28N4O3S2/c1-22(32)20(29)28-19-23(14-24(28,33)21(30)27(22)2,17-6-3-4-7-18(17)26-19)15-8-10-16(11-9-15)31-13-5-12-25/h3-4,6-11,19,26,32-33H,5,12-14,25H2,1-2H3/t19-,22+,23+,24+/m1/s1. The molecule has 2 saturated heterocycles. The number of nitrogens with zero attached hydrogens (tertiary/aromatic N) is 2. The Labute approximate surface area is 204 Å². The van der Waals surface area contributed by atoms with Crippen molar-refractivity contribution in [1.82, 2.24) is 9.80 Å². The predicted octanol–water partition coefficient (Wildman–Crippen LogP) is 2.43. The van der Waals surface area contributed by atoms with Gasteiger partial charge in [0.15, 0.2) is 9.74 Å². The summed E-state index contributed by atoms with van der Waals surface area (Å²) in [6, 6.07) is 15.9. The molecular weight excluding hydrogens is 456 g/mol. The van der Waals surface area contributed by atoms with Gasteiger partial charge in [-0.15, -0.1) is 25.3 Å². The van der Waals surface area contributed by atoms with E-state index in [-0.39, 0.29) is 11.8 Å². The summed E-state index contributed by atoms with van der Waals surface area (Å²) in [5.74, 6) is 0.264. The lowest BCUT2D eigenvalue weighted by Crippen LogP contribution is -2.71. The number of rotatable bonds is 5. The van der Waals surface area contributed by atoms with E-state index in [1.165, 1.54) is 4.90 Å². The number of benzene rings is 2. The summed E-state index contributed by atoms with van der Waals surface area (Å²) in [5, 5.41) is 3.53. The highest BCUT2D eigenvalue weighted by molar-refractivity contribution is 7.83. The molecule has 3 aliphatic rings. The average molecular weight is 485 g/mol. The second-order valence-electron chi connectivity index (χ2n) is 9.13. The number of nitrogens with two attached hydrogens (primary N) is 1. The Bertz CT molecular complexity index is 1120. The monoisotopic (exact) mass is 484 g/mol. The Morgan fingerprint density at radius 3 is 2.52 bits per heavy atom. The third-order valence-electron chi connectivity index (χ3n) is 7.26. The molecule has 0 bridgehead atoms. The molecule has 0 radical (unpaired) electrons. The summed E-state index contributed by atoms with van der Waals surface area (Å²) in [7, 11) is 1.61. The summed E-state index contributed by atoms with van der Waals surface area (Å²) in [6.45, 7) is 2.78. The Kier molecular flexibility index (Phi) is 5.15. The first kappa shape index (κ1) is 22.4. The van der Waals surface area contributed by atoms with Gasteiger partial charge >= 0.3 is 0 Å². The minimum absolute atomic E-state index is 0.238. The number of thiol groups is 2. The zero-order valence-corrected chi connectivity index (χ0v) is 20.4. The zero-order valence-electron chi connectivity index (χ0n) is 18.6. The first-order valence-electron chi connectivity index (χ1n) is 11.0. The molecular formula is C24H28N4O3S2. The van der Waals surface area contributed by atoms with Gasteiger partial charge in [-0.1, -0.05) is 30.3 Å². The molecule has 2 fully saturated rings. The fourth-order valence-electron chi connectivity index (χ4n) is 5.42. The summed E-state index contributed by atoms with van der Waals surface area (Å²) in [4.78, 5) is 27.7. The third kappa shape index (κ3) is 2.95. The van der Waals surface area contributed by atoms with E-state index in [1.807, 2.05) is 42.5 Å². The van der Waals surface area contributed by atoms with Crippen molar-refractivity contribution in [1.29, 1.82) is 0 Å². The summed E-state index contributed by atoms with van der Waals surface area (Å²) >= 11 is 9.45. The highest BCUT2D eigenvalue weighted by Gasteiger charge is 2.72. The van der Waals surface area contributed by atoms with E-state index in [1.54, 1.807) is 18.9 Å². The molecule has 4 atom stereocenters. The molecule has 2 aromatic rings. The molecule has 3 heterocycles. The number of anilines is 1.